The third-order valence-electron chi connectivity index (χ3n) is 3.69. The van der Waals surface area contributed by atoms with Gasteiger partial charge in [0.15, 0.2) is 11.5 Å². The maximum atomic E-state index is 12.0. The lowest BCUT2D eigenvalue weighted by atomic mass is 10.3. The van der Waals surface area contributed by atoms with Crippen molar-refractivity contribution in [1.29, 1.82) is 0 Å². The smallest absolute Gasteiger partial charge is 0.412 e. The van der Waals surface area contributed by atoms with E-state index in [0.717, 1.165) is 0 Å². The van der Waals surface area contributed by atoms with Crippen molar-refractivity contribution in [3.05, 3.63) is 48.5 Å². The first kappa shape index (κ1) is 21.0. The number of para-hydroxylation sites is 2. The summed E-state index contributed by atoms with van der Waals surface area (Å²) in [7, 11) is 3.10. The van der Waals surface area contributed by atoms with Crippen molar-refractivity contribution < 1.29 is 28.5 Å². The van der Waals surface area contributed by atoms with E-state index in [9.17, 15) is 9.59 Å². The molecule has 8 heteroatoms. The van der Waals surface area contributed by atoms with Crippen LogP contribution in [0, 0.1) is 0 Å². The average Bonchev–Trinajstić information content (AvgIpc) is 2.69. The van der Waals surface area contributed by atoms with Crippen molar-refractivity contribution in [2.45, 2.75) is 13.0 Å². The summed E-state index contributed by atoms with van der Waals surface area (Å²) in [5.41, 5.74) is 0.619. The Labute approximate surface area is 163 Å². The Bertz CT molecular complexity index is 779. The molecule has 28 heavy (non-hydrogen) atoms. The molecule has 0 aliphatic rings. The minimum atomic E-state index is -0.619. The van der Waals surface area contributed by atoms with Gasteiger partial charge in [-0.25, -0.2) is 4.79 Å². The van der Waals surface area contributed by atoms with E-state index in [-0.39, 0.29) is 25.2 Å². The first-order chi connectivity index (χ1) is 13.5. The normalized spacial score (nSPS) is 11.2. The monoisotopic (exact) mass is 388 g/mol. The minimum Gasteiger partial charge on any atom is -0.493 e. The molecule has 1 atom stereocenters. The van der Waals surface area contributed by atoms with Crippen molar-refractivity contribution >= 4 is 17.7 Å². The van der Waals surface area contributed by atoms with Gasteiger partial charge in [0.25, 0.3) is 0 Å². The second-order valence-electron chi connectivity index (χ2n) is 5.80. The van der Waals surface area contributed by atoms with Gasteiger partial charge in [-0.1, -0.05) is 12.1 Å². The summed E-state index contributed by atoms with van der Waals surface area (Å²) in [4.78, 5) is 22.9. The zero-order valence-corrected chi connectivity index (χ0v) is 16.1. The summed E-state index contributed by atoms with van der Waals surface area (Å²) >= 11 is 0. The topological polar surface area (TPSA) is 95.1 Å². The zero-order chi connectivity index (χ0) is 20.4. The summed E-state index contributed by atoms with van der Waals surface area (Å²) in [5.74, 6) is 1.39. The molecule has 0 spiro atoms. The van der Waals surface area contributed by atoms with Gasteiger partial charge in [0.2, 0.25) is 5.91 Å². The van der Waals surface area contributed by atoms with Crippen LogP contribution >= 0.6 is 0 Å². The molecule has 150 valence electrons. The van der Waals surface area contributed by atoms with Crippen LogP contribution in [-0.2, 0) is 9.53 Å². The van der Waals surface area contributed by atoms with Crippen molar-refractivity contribution in [2.24, 2.45) is 0 Å². The maximum Gasteiger partial charge on any atom is 0.412 e. The number of ether oxygens (including phenoxy) is 4. The summed E-state index contributed by atoms with van der Waals surface area (Å²) in [6.07, 6.45) is -0.994. The number of hydrogen-bond donors (Lipinski definition) is 2. The molecule has 0 saturated heterocycles. The molecule has 2 aromatic carbocycles. The predicted molar refractivity (Wildman–Crippen MR) is 104 cm³/mol. The van der Waals surface area contributed by atoms with Crippen molar-refractivity contribution in [3.8, 4) is 17.2 Å². The van der Waals surface area contributed by atoms with Gasteiger partial charge in [0.05, 0.1) is 13.7 Å². The van der Waals surface area contributed by atoms with Crippen LogP contribution in [0.2, 0.25) is 0 Å². The molecule has 0 aliphatic heterocycles. The molecule has 8 nitrogen and oxygen atoms in total. The molecule has 0 aromatic heterocycles. The van der Waals surface area contributed by atoms with Gasteiger partial charge >= 0.3 is 6.09 Å². The number of hydrogen-bond acceptors (Lipinski definition) is 6. The number of rotatable bonds is 9. The summed E-state index contributed by atoms with van der Waals surface area (Å²) in [5, 5.41) is 5.26. The van der Waals surface area contributed by atoms with Gasteiger partial charge in [0, 0.05) is 19.7 Å². The Hall–Kier alpha value is -3.26. The number of methoxy groups -OCH3 is 2. The minimum absolute atomic E-state index is 0.174. The highest BCUT2D eigenvalue weighted by atomic mass is 16.6. The van der Waals surface area contributed by atoms with Crippen LogP contribution in [0.1, 0.15) is 6.92 Å². The highest BCUT2D eigenvalue weighted by molar-refractivity contribution is 5.88. The number of carbonyl (C=O) groups excluding carboxylic acids is 2. The van der Waals surface area contributed by atoms with Crippen LogP contribution in [-0.4, -0.2) is 45.5 Å². The van der Waals surface area contributed by atoms with Crippen LogP contribution in [0.4, 0.5) is 10.5 Å². The molecule has 0 saturated carbocycles. The first-order valence-corrected chi connectivity index (χ1v) is 8.63. The molecule has 2 rings (SSSR count). The Morgan fingerprint density at radius 2 is 1.68 bits per heavy atom. The Balaban J connectivity index is 1.79. The fourth-order valence-corrected chi connectivity index (χ4v) is 2.28. The molecule has 0 bridgehead atoms. The molecule has 0 aliphatic carbocycles. The van der Waals surface area contributed by atoms with Crippen molar-refractivity contribution in [3.63, 3.8) is 0 Å². The van der Waals surface area contributed by atoms with E-state index in [1.54, 1.807) is 43.5 Å². The van der Waals surface area contributed by atoms with E-state index in [1.807, 2.05) is 12.1 Å². The molecular formula is C20H24N2O6. The standard InChI is InChI=1S/C20H24N2O6/c1-14(23)22-15-8-10-16(11-9-15)28-20(24)21-12-17(25-2)13-27-19-7-5-4-6-18(19)26-3/h4-11,17H,12-13H2,1-3H3,(H,21,24)(H,22,23). The maximum absolute atomic E-state index is 12.0. The predicted octanol–water partition coefficient (Wildman–Crippen LogP) is 2.84. The molecular weight excluding hydrogens is 364 g/mol. The molecule has 0 heterocycles. The molecule has 0 radical (unpaired) electrons. The largest absolute Gasteiger partial charge is 0.493 e. The zero-order valence-electron chi connectivity index (χ0n) is 16.1. The van der Waals surface area contributed by atoms with Gasteiger partial charge in [0.1, 0.15) is 18.5 Å². The average molecular weight is 388 g/mol. The van der Waals surface area contributed by atoms with Gasteiger partial charge < -0.3 is 29.6 Å². The lowest BCUT2D eigenvalue weighted by Gasteiger charge is -2.18. The summed E-state index contributed by atoms with van der Waals surface area (Å²) < 4.78 is 21.4. The van der Waals surface area contributed by atoms with E-state index in [2.05, 4.69) is 10.6 Å². The number of amides is 2. The number of anilines is 1. The van der Waals surface area contributed by atoms with Gasteiger partial charge in [-0.2, -0.15) is 0 Å². The number of benzene rings is 2. The SMILES string of the molecule is COc1ccccc1OCC(CNC(=O)Oc1ccc(NC(C)=O)cc1)OC. The molecule has 2 aromatic rings. The van der Waals surface area contributed by atoms with E-state index in [1.165, 1.54) is 14.0 Å². The second-order valence-corrected chi connectivity index (χ2v) is 5.80. The van der Waals surface area contributed by atoms with E-state index in [4.69, 9.17) is 18.9 Å². The lowest BCUT2D eigenvalue weighted by molar-refractivity contribution is -0.114. The van der Waals surface area contributed by atoms with Crippen molar-refractivity contribution in [2.75, 3.05) is 32.7 Å². The Morgan fingerprint density at radius 3 is 2.29 bits per heavy atom. The van der Waals surface area contributed by atoms with Crippen LogP contribution in [0.3, 0.4) is 0 Å². The summed E-state index contributed by atoms with van der Waals surface area (Å²) in [6.45, 7) is 1.85. The van der Waals surface area contributed by atoms with Gasteiger partial charge in [-0.15, -0.1) is 0 Å². The van der Waals surface area contributed by atoms with Crippen LogP contribution in [0.15, 0.2) is 48.5 Å². The van der Waals surface area contributed by atoms with E-state index < -0.39 is 6.09 Å². The molecule has 2 N–H and O–H groups in total. The first-order valence-electron chi connectivity index (χ1n) is 8.63. The van der Waals surface area contributed by atoms with Crippen LogP contribution in [0.5, 0.6) is 17.2 Å². The highest BCUT2D eigenvalue weighted by Crippen LogP contribution is 2.25. The van der Waals surface area contributed by atoms with Crippen LogP contribution in [0.25, 0.3) is 0 Å². The molecule has 2 amide bonds. The fourth-order valence-electron chi connectivity index (χ4n) is 2.28. The van der Waals surface area contributed by atoms with Crippen molar-refractivity contribution in [1.82, 2.24) is 5.32 Å². The third-order valence-corrected chi connectivity index (χ3v) is 3.69. The van der Waals surface area contributed by atoms with E-state index in [0.29, 0.717) is 22.9 Å². The van der Waals surface area contributed by atoms with Gasteiger partial charge in [-0.05, 0) is 36.4 Å². The Morgan fingerprint density at radius 1 is 1.00 bits per heavy atom. The summed E-state index contributed by atoms with van der Waals surface area (Å²) in [6, 6.07) is 13.7. The van der Waals surface area contributed by atoms with Crippen LogP contribution < -0.4 is 24.8 Å². The van der Waals surface area contributed by atoms with E-state index >= 15 is 0 Å². The second kappa shape index (κ2) is 10.8. The highest BCUT2D eigenvalue weighted by Gasteiger charge is 2.13. The number of nitrogens with one attached hydrogen (secondary N) is 2. The Kier molecular flexibility index (Phi) is 8.11. The number of carbonyl (C=O) groups is 2. The molecule has 0 fully saturated rings. The lowest BCUT2D eigenvalue weighted by Crippen LogP contribution is -2.38. The van der Waals surface area contributed by atoms with Gasteiger partial charge in [-0.3, -0.25) is 4.79 Å². The quantitative estimate of drug-likeness (QED) is 0.686. The fraction of sp³-hybridized carbons (Fsp3) is 0.300. The molecule has 1 unspecified atom stereocenters. The third kappa shape index (κ3) is 6.81.